The number of hydrogen-bond acceptors (Lipinski definition) is 5. The van der Waals surface area contributed by atoms with Crippen LogP contribution in [0, 0.1) is 15.9 Å². The fourth-order valence-electron chi connectivity index (χ4n) is 1.06. The number of halogens is 1. The van der Waals surface area contributed by atoms with Crippen LogP contribution in [0.15, 0.2) is 18.2 Å². The minimum Gasteiger partial charge on any atom is -0.486 e. The Balaban J connectivity index is 2.82. The van der Waals surface area contributed by atoms with E-state index < -0.39 is 26.3 Å². The zero-order valence-corrected chi connectivity index (χ0v) is 9.74. The fourth-order valence-corrected chi connectivity index (χ4v) is 1.44. The normalized spacial score (nSPS) is 11.2. The van der Waals surface area contributed by atoms with E-state index in [0.717, 1.165) is 24.5 Å². The van der Waals surface area contributed by atoms with Crippen LogP contribution >= 0.6 is 0 Å². The average Bonchev–Trinajstić information content (AvgIpc) is 2.15. The lowest BCUT2D eigenvalue weighted by molar-refractivity contribution is -0.385. The molecule has 0 aliphatic carbocycles. The van der Waals surface area contributed by atoms with E-state index in [9.17, 15) is 22.9 Å². The maximum absolute atomic E-state index is 12.9. The van der Waals surface area contributed by atoms with Crippen LogP contribution < -0.4 is 4.74 Å². The van der Waals surface area contributed by atoms with Crippen molar-refractivity contribution < 1.29 is 22.5 Å². The Morgan fingerprint density at radius 3 is 2.65 bits per heavy atom. The molecule has 0 atom stereocenters. The molecule has 0 aliphatic heterocycles. The first kappa shape index (κ1) is 13.4. The summed E-state index contributed by atoms with van der Waals surface area (Å²) in [6.45, 7) is -0.261. The molecular weight excluding hydrogens is 253 g/mol. The topological polar surface area (TPSA) is 86.5 Å². The summed E-state index contributed by atoms with van der Waals surface area (Å²) in [5.74, 6) is -1.26. The van der Waals surface area contributed by atoms with Crippen LogP contribution in [0.4, 0.5) is 10.1 Å². The molecule has 94 valence electrons. The average molecular weight is 263 g/mol. The fraction of sp³-hybridized carbons (Fsp3) is 0.333. The highest BCUT2D eigenvalue weighted by Gasteiger charge is 2.16. The third-order valence-electron chi connectivity index (χ3n) is 1.83. The molecule has 1 aromatic carbocycles. The summed E-state index contributed by atoms with van der Waals surface area (Å²) < 4.78 is 39.4. The number of nitrogens with zero attached hydrogens (tertiary/aromatic N) is 1. The number of hydrogen-bond donors (Lipinski definition) is 0. The highest BCUT2D eigenvalue weighted by molar-refractivity contribution is 7.90. The molecule has 0 heterocycles. The minimum absolute atomic E-state index is 0.261. The van der Waals surface area contributed by atoms with Crippen molar-refractivity contribution in [1.82, 2.24) is 0 Å². The van der Waals surface area contributed by atoms with Gasteiger partial charge in [-0.3, -0.25) is 10.1 Å². The number of nitro benzene ring substituents is 1. The van der Waals surface area contributed by atoms with Crippen molar-refractivity contribution in [3.8, 4) is 5.75 Å². The van der Waals surface area contributed by atoms with E-state index in [-0.39, 0.29) is 18.1 Å². The van der Waals surface area contributed by atoms with Crippen LogP contribution in [0.3, 0.4) is 0 Å². The van der Waals surface area contributed by atoms with E-state index in [0.29, 0.717) is 0 Å². The Morgan fingerprint density at radius 1 is 1.47 bits per heavy atom. The number of sulfone groups is 1. The Kier molecular flexibility index (Phi) is 4.00. The third-order valence-corrected chi connectivity index (χ3v) is 2.74. The number of ether oxygens (including phenoxy) is 1. The van der Waals surface area contributed by atoms with Gasteiger partial charge in [0.25, 0.3) is 0 Å². The van der Waals surface area contributed by atoms with E-state index in [1.807, 2.05) is 0 Å². The third kappa shape index (κ3) is 4.35. The molecule has 0 N–H and O–H groups in total. The molecule has 0 amide bonds. The van der Waals surface area contributed by atoms with Crippen molar-refractivity contribution in [2.45, 2.75) is 0 Å². The minimum atomic E-state index is -3.23. The Bertz CT molecular complexity index is 528. The van der Waals surface area contributed by atoms with Crippen LogP contribution in [0.1, 0.15) is 0 Å². The number of nitro groups is 1. The molecule has 8 heteroatoms. The van der Waals surface area contributed by atoms with Crippen molar-refractivity contribution in [2.24, 2.45) is 0 Å². The second-order valence-corrected chi connectivity index (χ2v) is 5.61. The Hall–Kier alpha value is -1.70. The van der Waals surface area contributed by atoms with Gasteiger partial charge in [0, 0.05) is 18.4 Å². The molecular formula is C9H10FNO5S. The highest BCUT2D eigenvalue weighted by atomic mass is 32.2. The van der Waals surface area contributed by atoms with Gasteiger partial charge in [-0.15, -0.1) is 0 Å². The first-order valence-electron chi connectivity index (χ1n) is 4.54. The largest absolute Gasteiger partial charge is 0.486 e. The van der Waals surface area contributed by atoms with Gasteiger partial charge in [0.15, 0.2) is 15.6 Å². The molecule has 0 bridgehead atoms. The molecule has 1 rings (SSSR count). The summed E-state index contributed by atoms with van der Waals surface area (Å²) in [6.07, 6.45) is 1.01. The lowest BCUT2D eigenvalue weighted by Gasteiger charge is -2.05. The maximum Gasteiger partial charge on any atom is 0.311 e. The molecule has 0 saturated heterocycles. The molecule has 0 fully saturated rings. The summed E-state index contributed by atoms with van der Waals surface area (Å²) in [6, 6.07) is 2.74. The van der Waals surface area contributed by atoms with E-state index in [1.54, 1.807) is 0 Å². The van der Waals surface area contributed by atoms with Crippen LogP contribution in [0.2, 0.25) is 0 Å². The Morgan fingerprint density at radius 2 is 2.12 bits per heavy atom. The predicted octanol–water partition coefficient (Wildman–Crippen LogP) is 1.16. The zero-order valence-electron chi connectivity index (χ0n) is 8.92. The van der Waals surface area contributed by atoms with Crippen molar-refractivity contribution in [2.75, 3.05) is 18.6 Å². The van der Waals surface area contributed by atoms with E-state index in [1.165, 1.54) is 0 Å². The highest BCUT2D eigenvalue weighted by Crippen LogP contribution is 2.27. The van der Waals surface area contributed by atoms with Gasteiger partial charge in [0.05, 0.1) is 10.7 Å². The van der Waals surface area contributed by atoms with E-state index in [4.69, 9.17) is 4.74 Å². The van der Waals surface area contributed by atoms with E-state index >= 15 is 0 Å². The van der Waals surface area contributed by atoms with E-state index in [2.05, 4.69) is 0 Å². The van der Waals surface area contributed by atoms with Crippen molar-refractivity contribution in [3.05, 3.63) is 34.1 Å². The van der Waals surface area contributed by atoms with Gasteiger partial charge in [0.1, 0.15) is 12.4 Å². The zero-order chi connectivity index (χ0) is 13.1. The van der Waals surface area contributed by atoms with Gasteiger partial charge in [-0.2, -0.15) is 0 Å². The van der Waals surface area contributed by atoms with Gasteiger partial charge >= 0.3 is 5.69 Å². The summed E-state index contributed by atoms with van der Waals surface area (Å²) in [5.41, 5.74) is -0.403. The van der Waals surface area contributed by atoms with Crippen LogP contribution in [-0.2, 0) is 9.84 Å². The molecule has 0 saturated carbocycles. The lowest BCUT2D eigenvalue weighted by Crippen LogP contribution is -2.12. The van der Waals surface area contributed by atoms with Crippen molar-refractivity contribution >= 4 is 15.5 Å². The molecule has 0 aliphatic rings. The molecule has 17 heavy (non-hydrogen) atoms. The molecule has 0 radical (unpaired) electrons. The molecule has 0 unspecified atom stereocenters. The quantitative estimate of drug-likeness (QED) is 0.587. The number of benzene rings is 1. The summed E-state index contributed by atoms with van der Waals surface area (Å²) >= 11 is 0. The second kappa shape index (κ2) is 5.09. The van der Waals surface area contributed by atoms with Gasteiger partial charge < -0.3 is 4.74 Å². The maximum atomic E-state index is 12.9. The van der Waals surface area contributed by atoms with Crippen molar-refractivity contribution in [3.63, 3.8) is 0 Å². The van der Waals surface area contributed by atoms with Gasteiger partial charge in [-0.1, -0.05) is 0 Å². The molecule has 0 aromatic heterocycles. The predicted molar refractivity (Wildman–Crippen MR) is 58.3 cm³/mol. The smallest absolute Gasteiger partial charge is 0.311 e. The SMILES string of the molecule is CS(=O)(=O)CCOc1cc(F)ccc1[N+](=O)[O-]. The number of rotatable bonds is 5. The monoisotopic (exact) mass is 263 g/mol. The summed E-state index contributed by atoms with van der Waals surface area (Å²) in [7, 11) is -3.23. The summed E-state index contributed by atoms with van der Waals surface area (Å²) in [5, 5.41) is 10.6. The second-order valence-electron chi connectivity index (χ2n) is 3.35. The molecule has 0 spiro atoms. The van der Waals surface area contributed by atoms with Gasteiger partial charge in [0.2, 0.25) is 0 Å². The molecule has 1 aromatic rings. The first-order valence-corrected chi connectivity index (χ1v) is 6.60. The molecule has 6 nitrogen and oxygen atoms in total. The summed E-state index contributed by atoms with van der Waals surface area (Å²) in [4.78, 5) is 9.85. The lowest BCUT2D eigenvalue weighted by atomic mass is 10.3. The van der Waals surface area contributed by atoms with Gasteiger partial charge in [-0.25, -0.2) is 12.8 Å². The van der Waals surface area contributed by atoms with Crippen molar-refractivity contribution in [1.29, 1.82) is 0 Å². The van der Waals surface area contributed by atoms with Crippen LogP contribution in [0.25, 0.3) is 0 Å². The Labute approximate surface area is 97.1 Å². The van der Waals surface area contributed by atoms with Crippen LogP contribution in [-0.4, -0.2) is 32.0 Å². The van der Waals surface area contributed by atoms with Crippen LogP contribution in [0.5, 0.6) is 5.75 Å². The van der Waals surface area contributed by atoms with Gasteiger partial charge in [-0.05, 0) is 6.07 Å². The standard InChI is InChI=1S/C9H10FNO5S/c1-17(14,15)5-4-16-9-6-7(10)2-3-8(9)11(12)13/h2-3,6H,4-5H2,1H3. The first-order chi connectivity index (χ1) is 7.79.